The number of hydrogen-bond donors (Lipinski definition) is 2. The molecule has 0 radical (unpaired) electrons. The molecule has 1 aliphatic heterocycles. The van der Waals surface area contributed by atoms with Gasteiger partial charge in [0.25, 0.3) is 0 Å². The van der Waals surface area contributed by atoms with Gasteiger partial charge in [-0.15, -0.1) is 0 Å². The van der Waals surface area contributed by atoms with Gasteiger partial charge in [-0.1, -0.05) is 0 Å². The summed E-state index contributed by atoms with van der Waals surface area (Å²) in [4.78, 5) is 6.84. The van der Waals surface area contributed by atoms with Gasteiger partial charge >= 0.3 is 0 Å². The van der Waals surface area contributed by atoms with E-state index in [0.29, 0.717) is 19.1 Å². The third-order valence-corrected chi connectivity index (χ3v) is 4.37. The summed E-state index contributed by atoms with van der Waals surface area (Å²) in [5.74, 6) is 2.37. The molecule has 0 unspecified atom stereocenters. The van der Waals surface area contributed by atoms with Crippen molar-refractivity contribution >= 4 is 11.5 Å². The number of rotatable bonds is 5. The van der Waals surface area contributed by atoms with Crippen molar-refractivity contribution in [2.75, 3.05) is 29.9 Å². The number of anilines is 2. The Balaban J connectivity index is 1.69. The minimum absolute atomic E-state index is 0.291. The standard InChI is InChI=1S/C17H23N3O2/c1-13-6-10-22-16(13)11-19-15-3-2-7-18-17(15)20-8-4-14(12-21)5-9-20/h2-3,6-7,10,14,19,21H,4-5,8-9,11-12H2,1H3. The fourth-order valence-corrected chi connectivity index (χ4v) is 2.87. The third-order valence-electron chi connectivity index (χ3n) is 4.37. The molecule has 2 aromatic heterocycles. The van der Waals surface area contributed by atoms with E-state index in [1.165, 1.54) is 0 Å². The molecule has 2 aromatic rings. The lowest BCUT2D eigenvalue weighted by Crippen LogP contribution is -2.35. The lowest BCUT2D eigenvalue weighted by Gasteiger charge is -2.33. The summed E-state index contributed by atoms with van der Waals surface area (Å²) < 4.78 is 5.48. The molecule has 0 atom stereocenters. The van der Waals surface area contributed by atoms with Crippen LogP contribution < -0.4 is 10.2 Å². The highest BCUT2D eigenvalue weighted by Gasteiger charge is 2.21. The second kappa shape index (κ2) is 6.83. The predicted octanol–water partition coefficient (Wildman–Crippen LogP) is 2.80. The van der Waals surface area contributed by atoms with Gasteiger partial charge in [0.05, 0.1) is 18.5 Å². The fourth-order valence-electron chi connectivity index (χ4n) is 2.87. The van der Waals surface area contributed by atoms with E-state index in [-0.39, 0.29) is 0 Å². The summed E-state index contributed by atoms with van der Waals surface area (Å²) in [6.07, 6.45) is 5.58. The number of nitrogens with one attached hydrogen (secondary N) is 1. The molecule has 118 valence electrons. The molecule has 5 heteroatoms. The van der Waals surface area contributed by atoms with E-state index in [4.69, 9.17) is 4.42 Å². The summed E-state index contributed by atoms with van der Waals surface area (Å²) in [5.41, 5.74) is 2.18. The van der Waals surface area contributed by atoms with Gasteiger partial charge in [-0.25, -0.2) is 4.98 Å². The van der Waals surface area contributed by atoms with Crippen LogP contribution in [0.1, 0.15) is 24.2 Å². The lowest BCUT2D eigenvalue weighted by atomic mass is 9.98. The number of furan rings is 1. The van der Waals surface area contributed by atoms with Gasteiger partial charge in [0.2, 0.25) is 0 Å². The van der Waals surface area contributed by atoms with E-state index in [0.717, 1.165) is 48.8 Å². The van der Waals surface area contributed by atoms with Crippen LogP contribution in [0.15, 0.2) is 35.1 Å². The SMILES string of the molecule is Cc1ccoc1CNc1cccnc1N1CCC(CO)CC1. The minimum atomic E-state index is 0.291. The summed E-state index contributed by atoms with van der Waals surface area (Å²) in [6.45, 7) is 4.88. The van der Waals surface area contributed by atoms with Crippen LogP contribution in [-0.2, 0) is 6.54 Å². The summed E-state index contributed by atoms with van der Waals surface area (Å²) in [6, 6.07) is 5.97. The van der Waals surface area contributed by atoms with Crippen molar-refractivity contribution in [3.05, 3.63) is 42.0 Å². The largest absolute Gasteiger partial charge is 0.467 e. The number of aliphatic hydroxyl groups excluding tert-OH is 1. The number of aliphatic hydroxyl groups is 1. The molecular formula is C17H23N3O2. The first-order chi connectivity index (χ1) is 10.8. The van der Waals surface area contributed by atoms with E-state index in [9.17, 15) is 5.11 Å². The number of nitrogens with zero attached hydrogens (tertiary/aromatic N) is 2. The molecule has 0 aromatic carbocycles. The number of hydrogen-bond acceptors (Lipinski definition) is 5. The molecular weight excluding hydrogens is 278 g/mol. The number of aromatic nitrogens is 1. The van der Waals surface area contributed by atoms with Gasteiger partial charge in [-0.05, 0) is 49.4 Å². The molecule has 1 saturated heterocycles. The van der Waals surface area contributed by atoms with Crippen molar-refractivity contribution < 1.29 is 9.52 Å². The maximum Gasteiger partial charge on any atom is 0.151 e. The first-order valence-corrected chi connectivity index (χ1v) is 7.85. The van der Waals surface area contributed by atoms with Gasteiger partial charge in [-0.3, -0.25) is 0 Å². The van der Waals surface area contributed by atoms with E-state index in [1.54, 1.807) is 6.26 Å². The zero-order chi connectivity index (χ0) is 15.4. The van der Waals surface area contributed by atoms with Crippen LogP contribution in [0.3, 0.4) is 0 Å². The molecule has 0 amide bonds. The third kappa shape index (κ3) is 3.25. The molecule has 0 aliphatic carbocycles. The van der Waals surface area contributed by atoms with Crippen LogP contribution in [0.25, 0.3) is 0 Å². The van der Waals surface area contributed by atoms with E-state index >= 15 is 0 Å². The Labute approximate surface area is 131 Å². The monoisotopic (exact) mass is 301 g/mol. The Morgan fingerprint density at radius 1 is 1.36 bits per heavy atom. The first-order valence-electron chi connectivity index (χ1n) is 7.85. The van der Waals surface area contributed by atoms with Gasteiger partial charge in [0.1, 0.15) is 5.76 Å². The Morgan fingerprint density at radius 3 is 2.86 bits per heavy atom. The van der Waals surface area contributed by atoms with Crippen molar-refractivity contribution in [2.45, 2.75) is 26.3 Å². The highest BCUT2D eigenvalue weighted by atomic mass is 16.3. The predicted molar refractivity (Wildman–Crippen MR) is 87.0 cm³/mol. The molecule has 5 nitrogen and oxygen atoms in total. The minimum Gasteiger partial charge on any atom is -0.467 e. The zero-order valence-electron chi connectivity index (χ0n) is 13.0. The van der Waals surface area contributed by atoms with Crippen molar-refractivity contribution in [1.82, 2.24) is 4.98 Å². The van der Waals surface area contributed by atoms with E-state index < -0.39 is 0 Å². The van der Waals surface area contributed by atoms with E-state index in [1.807, 2.05) is 25.3 Å². The van der Waals surface area contributed by atoms with Gasteiger partial charge < -0.3 is 19.7 Å². The van der Waals surface area contributed by atoms with Crippen LogP contribution >= 0.6 is 0 Å². The van der Waals surface area contributed by atoms with Gasteiger partial charge in [-0.2, -0.15) is 0 Å². The average Bonchev–Trinajstić information content (AvgIpc) is 2.98. The molecule has 0 saturated carbocycles. The Hall–Kier alpha value is -2.01. The Kier molecular flexibility index (Phi) is 4.63. The van der Waals surface area contributed by atoms with Crippen LogP contribution in [0, 0.1) is 12.8 Å². The van der Waals surface area contributed by atoms with Crippen LogP contribution in [0.5, 0.6) is 0 Å². The summed E-state index contributed by atoms with van der Waals surface area (Å²) in [5, 5.41) is 12.7. The molecule has 0 bridgehead atoms. The molecule has 22 heavy (non-hydrogen) atoms. The van der Waals surface area contributed by atoms with Crippen LogP contribution in [0.4, 0.5) is 11.5 Å². The average molecular weight is 301 g/mol. The van der Waals surface area contributed by atoms with Crippen molar-refractivity contribution in [3.63, 3.8) is 0 Å². The zero-order valence-corrected chi connectivity index (χ0v) is 13.0. The molecule has 1 aliphatic rings. The second-order valence-corrected chi connectivity index (χ2v) is 5.87. The summed E-state index contributed by atoms with van der Waals surface area (Å²) in [7, 11) is 0. The highest BCUT2D eigenvalue weighted by molar-refractivity contribution is 5.65. The van der Waals surface area contributed by atoms with Crippen LogP contribution in [0.2, 0.25) is 0 Å². The first kappa shape index (κ1) is 14.9. The molecule has 2 N–H and O–H groups in total. The van der Waals surface area contributed by atoms with Gasteiger partial charge in [0.15, 0.2) is 5.82 Å². The van der Waals surface area contributed by atoms with Crippen molar-refractivity contribution in [1.29, 1.82) is 0 Å². The molecule has 0 spiro atoms. The maximum absolute atomic E-state index is 9.26. The normalized spacial score (nSPS) is 16.0. The second-order valence-electron chi connectivity index (χ2n) is 5.87. The fraction of sp³-hybridized carbons (Fsp3) is 0.471. The maximum atomic E-state index is 9.26. The number of aryl methyl sites for hydroxylation is 1. The lowest BCUT2D eigenvalue weighted by molar-refractivity contribution is 0.203. The molecule has 3 rings (SSSR count). The van der Waals surface area contributed by atoms with Crippen LogP contribution in [-0.4, -0.2) is 29.8 Å². The topological polar surface area (TPSA) is 61.5 Å². The smallest absolute Gasteiger partial charge is 0.151 e. The number of piperidine rings is 1. The Bertz CT molecular complexity index is 603. The molecule has 3 heterocycles. The number of pyridine rings is 1. The van der Waals surface area contributed by atoms with Gasteiger partial charge in [0, 0.05) is 25.9 Å². The highest BCUT2D eigenvalue weighted by Crippen LogP contribution is 2.28. The van der Waals surface area contributed by atoms with Crippen molar-refractivity contribution in [3.8, 4) is 0 Å². The summed E-state index contributed by atoms with van der Waals surface area (Å²) >= 11 is 0. The quantitative estimate of drug-likeness (QED) is 0.889. The van der Waals surface area contributed by atoms with E-state index in [2.05, 4.69) is 21.3 Å². The Morgan fingerprint density at radius 2 is 2.18 bits per heavy atom. The van der Waals surface area contributed by atoms with Crippen molar-refractivity contribution in [2.24, 2.45) is 5.92 Å². The molecule has 1 fully saturated rings.